The number of alkyl halides is 1. The van der Waals surface area contributed by atoms with Gasteiger partial charge in [-0.15, -0.1) is 0 Å². The van der Waals surface area contributed by atoms with Crippen LogP contribution in [0.5, 0.6) is 5.75 Å². The molecule has 2 aromatic rings. The molecule has 3 rings (SSSR count). The summed E-state index contributed by atoms with van der Waals surface area (Å²) < 4.78 is 75.1. The van der Waals surface area contributed by atoms with Crippen molar-refractivity contribution in [3.63, 3.8) is 0 Å². The molecule has 1 fully saturated rings. The number of ether oxygens (including phenoxy) is 1. The summed E-state index contributed by atoms with van der Waals surface area (Å²) in [7, 11) is -2.46. The highest BCUT2D eigenvalue weighted by Gasteiger charge is 2.41. The molecule has 1 saturated carbocycles. The van der Waals surface area contributed by atoms with Gasteiger partial charge in [-0.2, -0.15) is 4.39 Å². The van der Waals surface area contributed by atoms with E-state index < -0.39 is 59.4 Å². The van der Waals surface area contributed by atoms with Crippen LogP contribution in [0.15, 0.2) is 17.1 Å². The molecule has 1 aliphatic carbocycles. The maximum atomic E-state index is 14.0. The first-order valence-corrected chi connectivity index (χ1v) is 7.00. The molecule has 2 atom stereocenters. The van der Waals surface area contributed by atoms with Gasteiger partial charge < -0.3 is 14.0 Å². The Labute approximate surface area is 137 Å². The molecule has 0 aliphatic heterocycles. The second-order valence-corrected chi connectivity index (χ2v) is 5.37. The standard InChI is InChI=1S/C14H9BF5NO4/c1-24-13-10(18)8(17)2-5-11(13)21(9-3-7(9)16)4-6(12(5)22)14(23)25-15(19)20/h2,4,7,9H,3H2,1H3/t7-,9-/m1/s1. The van der Waals surface area contributed by atoms with E-state index in [2.05, 4.69) is 4.65 Å². The minimum Gasteiger partial charge on any atom is -0.491 e. The van der Waals surface area contributed by atoms with E-state index >= 15 is 0 Å². The summed E-state index contributed by atoms with van der Waals surface area (Å²) >= 11 is 0. The second kappa shape index (κ2) is 6.05. The molecule has 1 aromatic carbocycles. The molecule has 11 heteroatoms. The number of aromatic nitrogens is 1. The number of halogens is 5. The smallest absolute Gasteiger partial charge is 0.491 e. The molecule has 25 heavy (non-hydrogen) atoms. The molecule has 0 radical (unpaired) electrons. The fraction of sp³-hybridized carbons (Fsp3) is 0.286. The quantitative estimate of drug-likeness (QED) is 0.621. The Morgan fingerprint density at radius 2 is 2.00 bits per heavy atom. The molecule has 0 saturated heterocycles. The lowest BCUT2D eigenvalue weighted by molar-refractivity contribution is 0.0693. The van der Waals surface area contributed by atoms with Crippen LogP contribution in [-0.2, 0) is 4.65 Å². The maximum absolute atomic E-state index is 14.0. The lowest BCUT2D eigenvalue weighted by atomic mass is 10.1. The van der Waals surface area contributed by atoms with Crippen LogP contribution >= 0.6 is 0 Å². The first kappa shape index (κ1) is 17.2. The zero-order chi connectivity index (χ0) is 18.5. The minimum absolute atomic E-state index is 0.0105. The summed E-state index contributed by atoms with van der Waals surface area (Å²) in [6.45, 7) is 0. The number of methoxy groups -OCH3 is 1. The highest BCUT2D eigenvalue weighted by atomic mass is 19.2. The summed E-state index contributed by atoms with van der Waals surface area (Å²) in [6, 6.07) is -0.374. The zero-order valence-corrected chi connectivity index (χ0v) is 12.6. The van der Waals surface area contributed by atoms with Gasteiger partial charge in [-0.3, -0.25) is 4.79 Å². The van der Waals surface area contributed by atoms with Crippen LogP contribution in [0.2, 0.25) is 0 Å². The fourth-order valence-electron chi connectivity index (χ4n) is 2.61. The van der Waals surface area contributed by atoms with Crippen LogP contribution in [0.3, 0.4) is 0 Å². The lowest BCUT2D eigenvalue weighted by Gasteiger charge is -2.16. The Hall–Kier alpha value is -2.59. The third-order valence-electron chi connectivity index (χ3n) is 3.82. The summed E-state index contributed by atoms with van der Waals surface area (Å²) in [5, 5.41) is -0.515. The number of pyridine rings is 1. The largest absolute Gasteiger partial charge is 0.798 e. The number of fused-ring (bicyclic) bond motifs is 1. The predicted molar refractivity (Wildman–Crippen MR) is 76.6 cm³/mol. The number of carbonyl (C=O) groups excluding carboxylic acids is 1. The SMILES string of the molecule is COc1c(F)c(F)cc2c(=O)c(C(=O)OB(F)F)cn([C@@H]3C[C@H]3F)c12. The van der Waals surface area contributed by atoms with E-state index in [9.17, 15) is 31.4 Å². The maximum Gasteiger partial charge on any atom is 0.798 e. The van der Waals surface area contributed by atoms with Gasteiger partial charge in [0.15, 0.2) is 11.6 Å². The van der Waals surface area contributed by atoms with Crippen molar-refractivity contribution in [2.24, 2.45) is 0 Å². The van der Waals surface area contributed by atoms with Gasteiger partial charge in [-0.1, -0.05) is 0 Å². The summed E-state index contributed by atoms with van der Waals surface area (Å²) in [5.41, 5.74) is -2.28. The highest BCUT2D eigenvalue weighted by Crippen LogP contribution is 2.43. The first-order chi connectivity index (χ1) is 11.8. The second-order valence-electron chi connectivity index (χ2n) is 5.37. The molecule has 0 spiro atoms. The van der Waals surface area contributed by atoms with Crippen LogP contribution in [0, 0.1) is 11.6 Å². The van der Waals surface area contributed by atoms with E-state index in [1.165, 1.54) is 0 Å². The van der Waals surface area contributed by atoms with Gasteiger partial charge in [0.1, 0.15) is 11.7 Å². The molecular weight excluding hydrogens is 352 g/mol. The summed E-state index contributed by atoms with van der Waals surface area (Å²) in [4.78, 5) is 24.1. The van der Waals surface area contributed by atoms with Gasteiger partial charge in [0.05, 0.1) is 24.1 Å². The topological polar surface area (TPSA) is 57.5 Å². The molecule has 1 aromatic heterocycles. The van der Waals surface area contributed by atoms with Gasteiger partial charge in [-0.05, 0) is 6.07 Å². The van der Waals surface area contributed by atoms with Crippen molar-refractivity contribution in [3.8, 4) is 5.75 Å². The van der Waals surface area contributed by atoms with Crippen molar-refractivity contribution in [2.75, 3.05) is 7.11 Å². The highest BCUT2D eigenvalue weighted by molar-refractivity contribution is 6.38. The molecule has 0 bridgehead atoms. The average molecular weight is 361 g/mol. The number of nitrogens with zero attached hydrogens (tertiary/aromatic N) is 1. The van der Waals surface area contributed by atoms with Gasteiger partial charge in [-0.25, -0.2) is 22.2 Å². The van der Waals surface area contributed by atoms with Crippen molar-refractivity contribution < 1.29 is 36.0 Å². The Bertz CT molecular complexity index is 932. The van der Waals surface area contributed by atoms with E-state index in [-0.39, 0.29) is 11.9 Å². The van der Waals surface area contributed by atoms with Crippen LogP contribution in [0.4, 0.5) is 21.8 Å². The average Bonchev–Trinajstić information content (AvgIpc) is 3.25. The summed E-state index contributed by atoms with van der Waals surface area (Å²) in [5.74, 6) is -5.16. The minimum atomic E-state index is -3.48. The van der Waals surface area contributed by atoms with Gasteiger partial charge in [0.25, 0.3) is 0 Å². The number of rotatable bonds is 4. The summed E-state index contributed by atoms with van der Waals surface area (Å²) in [6.07, 6.45) is -0.578. The molecule has 0 amide bonds. The van der Waals surface area contributed by atoms with Crippen LogP contribution in [0.25, 0.3) is 10.9 Å². The van der Waals surface area contributed by atoms with Crippen LogP contribution in [0.1, 0.15) is 22.8 Å². The van der Waals surface area contributed by atoms with E-state index in [0.29, 0.717) is 6.07 Å². The first-order valence-electron chi connectivity index (χ1n) is 7.00. The molecule has 0 unspecified atom stereocenters. The number of hydrogen-bond donors (Lipinski definition) is 0. The monoisotopic (exact) mass is 361 g/mol. The van der Waals surface area contributed by atoms with Crippen molar-refractivity contribution in [1.29, 1.82) is 0 Å². The van der Waals surface area contributed by atoms with E-state index in [4.69, 9.17) is 4.74 Å². The fourth-order valence-corrected chi connectivity index (χ4v) is 2.61. The third kappa shape index (κ3) is 2.83. The van der Waals surface area contributed by atoms with Gasteiger partial charge in [0, 0.05) is 12.6 Å². The van der Waals surface area contributed by atoms with Crippen molar-refractivity contribution in [1.82, 2.24) is 4.57 Å². The van der Waals surface area contributed by atoms with Crippen LogP contribution < -0.4 is 10.2 Å². The Kier molecular flexibility index (Phi) is 4.17. The Morgan fingerprint density at radius 1 is 1.36 bits per heavy atom. The number of benzene rings is 1. The molecule has 0 N–H and O–H groups in total. The van der Waals surface area contributed by atoms with E-state index in [1.54, 1.807) is 0 Å². The molecule has 1 aliphatic rings. The molecule has 5 nitrogen and oxygen atoms in total. The Balaban J connectivity index is 2.36. The Morgan fingerprint density at radius 3 is 2.52 bits per heavy atom. The number of carbonyl (C=O) groups is 1. The van der Waals surface area contributed by atoms with Crippen molar-refractivity contribution in [2.45, 2.75) is 18.6 Å². The normalized spacial score (nSPS) is 19.0. The van der Waals surface area contributed by atoms with Crippen molar-refractivity contribution >= 4 is 24.3 Å². The van der Waals surface area contributed by atoms with Gasteiger partial charge in [0.2, 0.25) is 11.2 Å². The zero-order valence-electron chi connectivity index (χ0n) is 12.6. The van der Waals surface area contributed by atoms with Crippen LogP contribution in [-0.4, -0.2) is 31.3 Å². The predicted octanol–water partition coefficient (Wildman–Crippen LogP) is 2.65. The molecular formula is C14H9BF5NO4. The third-order valence-corrected chi connectivity index (χ3v) is 3.82. The van der Waals surface area contributed by atoms with Gasteiger partial charge >= 0.3 is 13.4 Å². The molecule has 132 valence electrons. The lowest BCUT2D eigenvalue weighted by Crippen LogP contribution is -2.24. The van der Waals surface area contributed by atoms with E-state index in [0.717, 1.165) is 17.9 Å². The van der Waals surface area contributed by atoms with Crippen molar-refractivity contribution in [3.05, 3.63) is 39.7 Å². The number of hydrogen-bond acceptors (Lipinski definition) is 4. The van der Waals surface area contributed by atoms with E-state index in [1.807, 2.05) is 0 Å². The molecule has 1 heterocycles.